The Morgan fingerprint density at radius 3 is 2.88 bits per heavy atom. The third kappa shape index (κ3) is 2.86. The van der Waals surface area contributed by atoms with E-state index >= 15 is 0 Å². The Hall–Kier alpha value is -0.470. The zero-order valence-electron chi connectivity index (χ0n) is 8.61. The molecule has 1 aliphatic heterocycles. The van der Waals surface area contributed by atoms with Crippen LogP contribution in [0, 0.1) is 11.3 Å². The van der Waals surface area contributed by atoms with Gasteiger partial charge in [-0.15, -0.1) is 23.5 Å². The number of nitrogens with zero attached hydrogens (tertiary/aromatic N) is 1. The first kappa shape index (κ1) is 13.0. The molecule has 1 atom stereocenters. The number of halogens is 2. The molecule has 0 amide bonds. The van der Waals surface area contributed by atoms with Crippen LogP contribution < -0.4 is 5.73 Å². The molecule has 88 valence electrons. The molecular weight excluding hydrogens is 295 g/mol. The van der Waals surface area contributed by atoms with Gasteiger partial charge in [0.1, 0.15) is 11.8 Å². The molecule has 1 heterocycles. The normalized spacial score (nSPS) is 22.3. The first-order chi connectivity index (χ1) is 8.11. The summed E-state index contributed by atoms with van der Waals surface area (Å²) < 4.78 is 0.878. The molecule has 0 aromatic heterocycles. The van der Waals surface area contributed by atoms with E-state index in [0.29, 0.717) is 10.0 Å². The third-order valence-electron chi connectivity index (χ3n) is 2.26. The lowest BCUT2D eigenvalue weighted by molar-refractivity contribution is 1.13. The molecule has 0 saturated carbocycles. The highest BCUT2D eigenvalue weighted by molar-refractivity contribution is 8.25. The van der Waals surface area contributed by atoms with E-state index in [2.05, 4.69) is 0 Å². The van der Waals surface area contributed by atoms with Crippen LogP contribution in [0.2, 0.25) is 10.0 Å². The van der Waals surface area contributed by atoms with Gasteiger partial charge < -0.3 is 5.73 Å². The monoisotopic (exact) mass is 302 g/mol. The van der Waals surface area contributed by atoms with Gasteiger partial charge in [0.25, 0.3) is 0 Å². The van der Waals surface area contributed by atoms with Gasteiger partial charge in [-0.3, -0.25) is 0 Å². The SMILES string of the molecule is N#C/C(N)=C1/SCC(c2ccc(Cl)cc2Cl)S1. The van der Waals surface area contributed by atoms with E-state index in [1.54, 1.807) is 29.6 Å². The summed E-state index contributed by atoms with van der Waals surface area (Å²) in [5, 5.41) is 10.3. The number of hydrogen-bond acceptors (Lipinski definition) is 4. The van der Waals surface area contributed by atoms with E-state index in [9.17, 15) is 0 Å². The first-order valence-electron chi connectivity index (χ1n) is 4.76. The van der Waals surface area contributed by atoms with Crippen LogP contribution in [0.5, 0.6) is 0 Å². The van der Waals surface area contributed by atoms with Gasteiger partial charge >= 0.3 is 0 Å². The van der Waals surface area contributed by atoms with Gasteiger partial charge in [0.15, 0.2) is 0 Å². The van der Waals surface area contributed by atoms with Crippen molar-refractivity contribution in [3.8, 4) is 6.07 Å². The zero-order chi connectivity index (χ0) is 12.4. The Morgan fingerprint density at radius 1 is 1.47 bits per heavy atom. The summed E-state index contributed by atoms with van der Waals surface area (Å²) in [5.74, 6) is 0.865. The molecule has 1 aliphatic rings. The van der Waals surface area contributed by atoms with Gasteiger partial charge in [0.05, 0.1) is 4.24 Å². The standard InChI is InChI=1S/C11H8Cl2N2S2/c12-6-1-2-7(8(13)3-6)10-5-16-11(17-10)9(15)4-14/h1-3,10H,5,15H2/b11-9+. The molecule has 2 nitrogen and oxygen atoms in total. The molecule has 2 N–H and O–H groups in total. The molecule has 6 heteroatoms. The molecule has 0 bridgehead atoms. The van der Waals surface area contributed by atoms with Crippen LogP contribution in [0.4, 0.5) is 0 Å². The van der Waals surface area contributed by atoms with E-state index in [0.717, 1.165) is 15.6 Å². The Labute approximate surface area is 118 Å². The number of rotatable bonds is 1. The minimum Gasteiger partial charge on any atom is -0.389 e. The van der Waals surface area contributed by atoms with Crippen LogP contribution >= 0.6 is 46.7 Å². The maximum atomic E-state index is 8.74. The second-order valence-electron chi connectivity index (χ2n) is 3.40. The highest BCUT2D eigenvalue weighted by Crippen LogP contribution is 2.52. The number of hydrogen-bond donors (Lipinski definition) is 1. The van der Waals surface area contributed by atoms with Crippen molar-refractivity contribution < 1.29 is 0 Å². The van der Waals surface area contributed by atoms with Crippen molar-refractivity contribution in [2.24, 2.45) is 5.73 Å². The van der Waals surface area contributed by atoms with Gasteiger partial charge in [0, 0.05) is 21.0 Å². The fraction of sp³-hybridized carbons (Fsp3) is 0.182. The zero-order valence-corrected chi connectivity index (χ0v) is 11.8. The van der Waals surface area contributed by atoms with Gasteiger partial charge in [-0.2, -0.15) is 5.26 Å². The fourth-order valence-corrected chi connectivity index (χ4v) is 4.80. The summed E-state index contributed by atoms with van der Waals surface area (Å²) in [6, 6.07) is 7.45. The Morgan fingerprint density at radius 2 is 2.24 bits per heavy atom. The van der Waals surface area contributed by atoms with Crippen molar-refractivity contribution >= 4 is 46.7 Å². The maximum absolute atomic E-state index is 8.74. The number of nitriles is 1. The predicted octanol–water partition coefficient (Wildman–Crippen LogP) is 4.17. The smallest absolute Gasteiger partial charge is 0.131 e. The molecule has 2 rings (SSSR count). The highest BCUT2D eigenvalue weighted by atomic mass is 35.5. The van der Waals surface area contributed by atoms with Crippen LogP contribution in [0.15, 0.2) is 28.1 Å². The number of thioether (sulfide) groups is 2. The molecule has 17 heavy (non-hydrogen) atoms. The summed E-state index contributed by atoms with van der Waals surface area (Å²) in [6.07, 6.45) is 0. The van der Waals surface area contributed by atoms with E-state index < -0.39 is 0 Å². The molecule has 1 fully saturated rings. The van der Waals surface area contributed by atoms with E-state index in [-0.39, 0.29) is 10.9 Å². The van der Waals surface area contributed by atoms with Crippen molar-refractivity contribution in [2.45, 2.75) is 5.25 Å². The topological polar surface area (TPSA) is 49.8 Å². The highest BCUT2D eigenvalue weighted by Gasteiger charge is 2.26. The minimum atomic E-state index is 0.228. The quantitative estimate of drug-likeness (QED) is 0.791. The average Bonchev–Trinajstić information content (AvgIpc) is 2.77. The van der Waals surface area contributed by atoms with Crippen molar-refractivity contribution in [1.29, 1.82) is 5.26 Å². The van der Waals surface area contributed by atoms with Gasteiger partial charge in [-0.05, 0) is 17.7 Å². The Kier molecular flexibility index (Phi) is 4.16. The van der Waals surface area contributed by atoms with Crippen LogP contribution in [0.25, 0.3) is 0 Å². The molecule has 1 aromatic carbocycles. The van der Waals surface area contributed by atoms with Crippen molar-refractivity contribution in [3.63, 3.8) is 0 Å². The number of benzene rings is 1. The van der Waals surface area contributed by atoms with Crippen LogP contribution in [-0.2, 0) is 0 Å². The van der Waals surface area contributed by atoms with E-state index in [1.165, 1.54) is 0 Å². The predicted molar refractivity (Wildman–Crippen MR) is 76.1 cm³/mol. The summed E-state index contributed by atoms with van der Waals surface area (Å²) >= 11 is 15.2. The molecule has 0 spiro atoms. The van der Waals surface area contributed by atoms with Gasteiger partial charge in [0.2, 0.25) is 0 Å². The number of allylic oxidation sites excluding steroid dienone is 1. The molecular formula is C11H8Cl2N2S2. The summed E-state index contributed by atoms with van der Waals surface area (Å²) in [4.78, 5) is 0. The molecule has 0 radical (unpaired) electrons. The second kappa shape index (κ2) is 5.45. The molecule has 1 unspecified atom stereocenters. The lowest BCUT2D eigenvalue weighted by atomic mass is 10.2. The molecule has 1 saturated heterocycles. The molecule has 0 aliphatic carbocycles. The van der Waals surface area contributed by atoms with E-state index in [4.69, 9.17) is 34.2 Å². The Balaban J connectivity index is 2.25. The largest absolute Gasteiger partial charge is 0.389 e. The first-order valence-corrected chi connectivity index (χ1v) is 7.38. The van der Waals surface area contributed by atoms with Crippen molar-refractivity contribution in [2.75, 3.05) is 5.75 Å². The van der Waals surface area contributed by atoms with Gasteiger partial charge in [-0.1, -0.05) is 29.3 Å². The average molecular weight is 303 g/mol. The van der Waals surface area contributed by atoms with Crippen LogP contribution in [-0.4, -0.2) is 5.75 Å². The van der Waals surface area contributed by atoms with E-state index in [1.807, 2.05) is 18.2 Å². The summed E-state index contributed by atoms with van der Waals surface area (Å²) in [6.45, 7) is 0. The minimum absolute atomic E-state index is 0.228. The summed E-state index contributed by atoms with van der Waals surface area (Å²) in [5.41, 5.74) is 6.92. The maximum Gasteiger partial charge on any atom is 0.131 e. The second-order valence-corrected chi connectivity index (χ2v) is 6.74. The molecule has 1 aromatic rings. The van der Waals surface area contributed by atoms with Crippen molar-refractivity contribution in [3.05, 3.63) is 43.7 Å². The number of nitrogens with two attached hydrogens (primary N) is 1. The lowest BCUT2D eigenvalue weighted by Gasteiger charge is -2.10. The Bertz CT molecular complexity index is 523. The van der Waals surface area contributed by atoms with Crippen LogP contribution in [0.1, 0.15) is 10.8 Å². The third-order valence-corrected chi connectivity index (χ3v) is 5.80. The lowest BCUT2D eigenvalue weighted by Crippen LogP contribution is -1.94. The van der Waals surface area contributed by atoms with Gasteiger partial charge in [-0.25, -0.2) is 0 Å². The van der Waals surface area contributed by atoms with Crippen molar-refractivity contribution in [1.82, 2.24) is 0 Å². The summed E-state index contributed by atoms with van der Waals surface area (Å²) in [7, 11) is 0. The fourth-order valence-electron chi connectivity index (χ4n) is 1.45. The van der Waals surface area contributed by atoms with Crippen LogP contribution in [0.3, 0.4) is 0 Å².